The van der Waals surface area contributed by atoms with Gasteiger partial charge < -0.3 is 19.6 Å². The minimum absolute atomic E-state index is 0.0414. The molecule has 15 heteroatoms. The smallest absolute Gasteiger partial charge is 0.489 e. The van der Waals surface area contributed by atoms with Gasteiger partial charge in [-0.3, -0.25) is 14.6 Å². The van der Waals surface area contributed by atoms with Crippen LogP contribution in [0.4, 0.5) is 18.9 Å². The van der Waals surface area contributed by atoms with Crippen LogP contribution >= 0.6 is 0 Å². The molecule has 0 aliphatic carbocycles. The fourth-order valence-corrected chi connectivity index (χ4v) is 5.06. The Balaban J connectivity index is 1.86. The topological polar surface area (TPSA) is 158 Å². The van der Waals surface area contributed by atoms with Gasteiger partial charge in [-0.2, -0.15) is 13.2 Å². The highest BCUT2D eigenvalue weighted by Gasteiger charge is 2.42. The van der Waals surface area contributed by atoms with Crippen molar-refractivity contribution < 1.29 is 50.2 Å². The molecule has 3 aromatic rings. The molecule has 2 atom stereocenters. The Morgan fingerprint density at radius 1 is 1.10 bits per heavy atom. The second-order valence-corrected chi connectivity index (χ2v) is 10.5. The van der Waals surface area contributed by atoms with E-state index in [0.29, 0.717) is 6.42 Å². The van der Waals surface area contributed by atoms with Crippen LogP contribution in [0.5, 0.6) is 5.75 Å². The average Bonchev–Trinajstić information content (AvgIpc) is 2.87. The van der Waals surface area contributed by atoms with E-state index in [2.05, 4.69) is 15.0 Å². The summed E-state index contributed by atoms with van der Waals surface area (Å²) in [5.74, 6) is -5.26. The number of sulfonamides is 1. The fraction of sp³-hybridized carbons (Fsp3) is 0.269. The van der Waals surface area contributed by atoms with E-state index in [0.717, 1.165) is 22.5 Å². The number of carbonyl (C=O) groups is 4. The molecule has 3 rings (SSSR count). The van der Waals surface area contributed by atoms with Crippen molar-refractivity contribution >= 4 is 50.7 Å². The van der Waals surface area contributed by atoms with E-state index in [9.17, 15) is 40.8 Å². The van der Waals surface area contributed by atoms with Crippen LogP contribution in [0.3, 0.4) is 0 Å². The van der Waals surface area contributed by atoms with Gasteiger partial charge in [0.25, 0.3) is 0 Å². The van der Waals surface area contributed by atoms with Gasteiger partial charge in [0.1, 0.15) is 23.0 Å². The van der Waals surface area contributed by atoms with Gasteiger partial charge in [-0.1, -0.05) is 18.2 Å². The van der Waals surface area contributed by atoms with Gasteiger partial charge in [-0.05, 0) is 36.8 Å². The Bertz CT molecular complexity index is 1570. The molecule has 0 aliphatic heterocycles. The molecule has 0 saturated heterocycles. The van der Waals surface area contributed by atoms with Crippen molar-refractivity contribution in [1.82, 2.24) is 9.71 Å². The zero-order chi connectivity index (χ0) is 30.4. The molecule has 2 unspecified atom stereocenters. The zero-order valence-electron chi connectivity index (χ0n) is 21.6. The third kappa shape index (κ3) is 8.56. The highest BCUT2D eigenvalue weighted by molar-refractivity contribution is 7.89. The first-order valence-electron chi connectivity index (χ1n) is 11.9. The lowest BCUT2D eigenvalue weighted by molar-refractivity contribution is -0.202. The molecule has 0 fully saturated rings. The number of ether oxygens (including phenoxy) is 2. The first-order valence-corrected chi connectivity index (χ1v) is 13.4. The molecule has 218 valence electrons. The molecule has 0 radical (unpaired) electrons. The molecule has 1 aromatic heterocycles. The van der Waals surface area contributed by atoms with Crippen molar-refractivity contribution in [3.05, 3.63) is 60.3 Å². The first-order chi connectivity index (χ1) is 19.2. The summed E-state index contributed by atoms with van der Waals surface area (Å²) in [6, 6.07) is 10.8. The quantitative estimate of drug-likeness (QED) is 0.193. The molecule has 2 aromatic carbocycles. The van der Waals surface area contributed by atoms with Crippen LogP contribution in [-0.2, 0) is 40.4 Å². The number of fused-ring (bicyclic) bond motifs is 1. The summed E-state index contributed by atoms with van der Waals surface area (Å²) in [6.45, 7) is 2.91. The predicted molar refractivity (Wildman–Crippen MR) is 138 cm³/mol. The van der Waals surface area contributed by atoms with Crippen LogP contribution in [0.1, 0.15) is 25.8 Å². The zero-order valence-corrected chi connectivity index (χ0v) is 22.4. The van der Waals surface area contributed by atoms with Crippen molar-refractivity contribution in [3.63, 3.8) is 0 Å². The van der Waals surface area contributed by atoms with Gasteiger partial charge in [-0.25, -0.2) is 17.9 Å². The van der Waals surface area contributed by atoms with Gasteiger partial charge in [0.05, 0.1) is 18.0 Å². The lowest BCUT2D eigenvalue weighted by Crippen LogP contribution is -2.39. The molecular formula is C26H24F3N3O8S. The van der Waals surface area contributed by atoms with Gasteiger partial charge in [-0.15, -0.1) is 0 Å². The van der Waals surface area contributed by atoms with Crippen LogP contribution in [0.15, 0.2) is 59.6 Å². The molecule has 0 aliphatic rings. The van der Waals surface area contributed by atoms with E-state index >= 15 is 0 Å². The Labute approximate surface area is 232 Å². The maximum absolute atomic E-state index is 13.2. The minimum Gasteiger partial charge on any atom is -0.489 e. The third-order valence-electron chi connectivity index (χ3n) is 5.42. The number of anilines is 1. The average molecular weight is 596 g/mol. The number of esters is 2. The largest absolute Gasteiger partial charge is 0.491 e. The van der Waals surface area contributed by atoms with Gasteiger partial charge in [0.2, 0.25) is 15.9 Å². The molecule has 0 bridgehead atoms. The maximum Gasteiger partial charge on any atom is 0.491 e. The van der Waals surface area contributed by atoms with Crippen LogP contribution in [0, 0.1) is 0 Å². The molecule has 1 amide bonds. The second kappa shape index (κ2) is 12.9. The summed E-state index contributed by atoms with van der Waals surface area (Å²) in [7, 11) is -4.65. The summed E-state index contributed by atoms with van der Waals surface area (Å²) in [6.07, 6.45) is -5.38. The maximum atomic E-state index is 13.2. The van der Waals surface area contributed by atoms with Crippen LogP contribution in [-0.4, -0.2) is 55.9 Å². The monoisotopic (exact) mass is 595 g/mol. The van der Waals surface area contributed by atoms with Gasteiger partial charge in [0, 0.05) is 36.7 Å². The number of halogens is 3. The van der Waals surface area contributed by atoms with Crippen molar-refractivity contribution in [2.24, 2.45) is 0 Å². The summed E-state index contributed by atoms with van der Waals surface area (Å²) in [5, 5.41) is 3.35. The van der Waals surface area contributed by atoms with Gasteiger partial charge in [0.15, 0.2) is 0 Å². The SMILES string of the molecule is CC(=O)Nc1ccc(S(=O)(=O)NC(C=O)CC(=O)OC(=O)C(F)(F)F)c(OC(C)Cc2cccc3ncccc23)c1. The highest BCUT2D eigenvalue weighted by Crippen LogP contribution is 2.30. The predicted octanol–water partition coefficient (Wildman–Crippen LogP) is 3.07. The van der Waals surface area contributed by atoms with E-state index in [1.807, 2.05) is 22.9 Å². The summed E-state index contributed by atoms with van der Waals surface area (Å²) >= 11 is 0. The Morgan fingerprint density at radius 3 is 2.49 bits per heavy atom. The first kappa shape index (κ1) is 31.2. The molecular weight excluding hydrogens is 571 g/mol. The molecule has 11 nitrogen and oxygen atoms in total. The number of amides is 1. The second-order valence-electron chi connectivity index (χ2n) is 8.79. The molecule has 0 saturated carbocycles. The van der Waals surface area contributed by atoms with Crippen molar-refractivity contribution in [2.75, 3.05) is 5.32 Å². The number of nitrogens with zero attached hydrogens (tertiary/aromatic N) is 1. The van der Waals surface area contributed by atoms with E-state index in [1.165, 1.54) is 19.1 Å². The number of aldehydes is 1. The number of rotatable bonds is 11. The summed E-state index contributed by atoms with van der Waals surface area (Å²) in [4.78, 5) is 49.4. The van der Waals surface area contributed by atoms with Crippen LogP contribution < -0.4 is 14.8 Å². The van der Waals surface area contributed by atoms with Crippen molar-refractivity contribution in [1.29, 1.82) is 0 Å². The summed E-state index contributed by atoms with van der Waals surface area (Å²) < 4.78 is 74.9. The lowest BCUT2D eigenvalue weighted by atomic mass is 10.0. The minimum atomic E-state index is -5.47. The summed E-state index contributed by atoms with van der Waals surface area (Å²) in [5.41, 5.74) is 1.79. The normalized spacial score (nSPS) is 13.2. The van der Waals surface area contributed by atoms with E-state index < -0.39 is 57.5 Å². The number of benzene rings is 2. The molecule has 0 spiro atoms. The number of aromatic nitrogens is 1. The lowest BCUT2D eigenvalue weighted by Gasteiger charge is -2.20. The number of hydrogen-bond donors (Lipinski definition) is 2. The number of nitrogens with one attached hydrogen (secondary N) is 2. The Hall–Kier alpha value is -4.37. The molecule has 41 heavy (non-hydrogen) atoms. The third-order valence-corrected chi connectivity index (χ3v) is 6.95. The standard InChI is InChI=1S/C26H24F3N3O8S/c1-15(11-17-5-3-7-21-20(17)6-4-10-30-21)39-22-12-18(31-16(2)34)8-9-23(22)41(37,38)32-19(14-33)13-24(35)40-25(36)26(27,28)29/h3-10,12,14-15,19,32H,11,13H2,1-2H3,(H,31,34). The Morgan fingerprint density at radius 2 is 1.83 bits per heavy atom. The van der Waals surface area contributed by atoms with Crippen molar-refractivity contribution in [3.8, 4) is 5.75 Å². The van der Waals surface area contributed by atoms with E-state index in [-0.39, 0.29) is 17.7 Å². The van der Waals surface area contributed by atoms with Crippen molar-refractivity contribution in [2.45, 2.75) is 49.9 Å². The van der Waals surface area contributed by atoms with E-state index in [1.54, 1.807) is 25.3 Å². The molecule has 2 N–H and O–H groups in total. The molecule has 1 heterocycles. The fourth-order valence-electron chi connectivity index (χ4n) is 3.78. The van der Waals surface area contributed by atoms with Gasteiger partial charge >= 0.3 is 18.1 Å². The number of alkyl halides is 3. The van der Waals surface area contributed by atoms with E-state index in [4.69, 9.17) is 4.74 Å². The van der Waals surface area contributed by atoms with Crippen LogP contribution in [0.25, 0.3) is 10.9 Å². The van der Waals surface area contributed by atoms with Crippen LogP contribution in [0.2, 0.25) is 0 Å². The number of pyridine rings is 1. The highest BCUT2D eigenvalue weighted by atomic mass is 32.2. The Kier molecular flexibility index (Phi) is 9.78. The number of hydrogen-bond acceptors (Lipinski definition) is 9. The number of carbonyl (C=O) groups excluding carboxylic acids is 4.